The van der Waals surface area contributed by atoms with Crippen LogP contribution in [0.4, 0.5) is 0 Å². The van der Waals surface area contributed by atoms with Gasteiger partial charge in [0.1, 0.15) is 0 Å². The molecule has 0 aromatic rings. The minimum absolute atomic E-state index is 0.0552. The molecule has 0 atom stereocenters. The molecule has 3 heteroatoms. The van der Waals surface area contributed by atoms with E-state index in [4.69, 9.17) is 5.84 Å². The molecule has 0 unspecified atom stereocenters. The summed E-state index contributed by atoms with van der Waals surface area (Å²) in [5, 5.41) is 1.92. The summed E-state index contributed by atoms with van der Waals surface area (Å²) in [6.07, 6.45) is 0. The first kappa shape index (κ1) is 14.9. The second kappa shape index (κ2) is 5.83. The fourth-order valence-corrected chi connectivity index (χ4v) is 1.67. The van der Waals surface area contributed by atoms with Crippen LogP contribution in [0.5, 0.6) is 0 Å². The van der Waals surface area contributed by atoms with E-state index in [1.165, 1.54) is 0 Å². The van der Waals surface area contributed by atoms with Crippen LogP contribution in [0.15, 0.2) is 0 Å². The minimum Gasteiger partial charge on any atom is -0.297 e. The average molecular weight is 215 g/mol. The van der Waals surface area contributed by atoms with E-state index in [2.05, 4.69) is 53.4 Å². The molecule has 0 rings (SSSR count). The van der Waals surface area contributed by atoms with Gasteiger partial charge in [0.05, 0.1) is 0 Å². The number of hydrogen-bond donors (Lipinski definition) is 1. The summed E-state index contributed by atoms with van der Waals surface area (Å²) in [5.74, 6) is 6.01. The third-order valence-electron chi connectivity index (χ3n) is 2.79. The van der Waals surface area contributed by atoms with Crippen molar-refractivity contribution in [3.8, 4) is 0 Å². The molecule has 0 saturated heterocycles. The van der Waals surface area contributed by atoms with Gasteiger partial charge in [-0.2, -0.15) is 0 Å². The summed E-state index contributed by atoms with van der Waals surface area (Å²) in [7, 11) is 0. The maximum Gasteiger partial charge on any atom is 0.0268 e. The second-order valence-electron chi connectivity index (χ2n) is 5.79. The molecular formula is C12H29N3. The molecule has 0 bridgehead atoms. The predicted octanol–water partition coefficient (Wildman–Crippen LogP) is 2.08. The molecule has 0 fully saturated rings. The van der Waals surface area contributed by atoms with Crippen molar-refractivity contribution < 1.29 is 0 Å². The van der Waals surface area contributed by atoms with Gasteiger partial charge < -0.3 is 0 Å². The highest BCUT2D eigenvalue weighted by Crippen LogP contribution is 2.10. The van der Waals surface area contributed by atoms with E-state index in [0.717, 1.165) is 13.1 Å². The Morgan fingerprint density at radius 3 is 1.60 bits per heavy atom. The van der Waals surface area contributed by atoms with Gasteiger partial charge in [0.25, 0.3) is 0 Å². The molecule has 15 heavy (non-hydrogen) atoms. The number of nitrogens with two attached hydrogens (primary N) is 1. The first-order chi connectivity index (χ1) is 6.66. The Balaban J connectivity index is 4.12. The molecule has 3 nitrogen and oxygen atoms in total. The van der Waals surface area contributed by atoms with Crippen LogP contribution in [0.25, 0.3) is 0 Å². The van der Waals surface area contributed by atoms with Crippen molar-refractivity contribution in [2.45, 2.75) is 66.1 Å². The van der Waals surface area contributed by atoms with Crippen molar-refractivity contribution in [3.63, 3.8) is 0 Å². The highest BCUT2D eigenvalue weighted by molar-refractivity contribution is 4.74. The molecular weight excluding hydrogens is 186 g/mol. The van der Waals surface area contributed by atoms with E-state index < -0.39 is 0 Å². The maximum absolute atomic E-state index is 6.01. The maximum atomic E-state index is 6.01. The summed E-state index contributed by atoms with van der Waals surface area (Å²) in [6, 6.07) is 1.16. The van der Waals surface area contributed by atoms with Crippen LogP contribution in [0.2, 0.25) is 0 Å². The molecule has 0 aliphatic carbocycles. The molecule has 0 aromatic carbocycles. The zero-order chi connectivity index (χ0) is 12.2. The third kappa shape index (κ3) is 5.50. The van der Waals surface area contributed by atoms with Gasteiger partial charge in [-0.05, 0) is 48.5 Å². The fraction of sp³-hybridized carbons (Fsp3) is 1.00. The minimum atomic E-state index is 0.0552. The zero-order valence-corrected chi connectivity index (χ0v) is 11.5. The van der Waals surface area contributed by atoms with Crippen molar-refractivity contribution >= 4 is 0 Å². The largest absolute Gasteiger partial charge is 0.297 e. The highest BCUT2D eigenvalue weighted by atomic mass is 15.4. The standard InChI is InChI=1S/C12H29N3/c1-10(2)14(11(3)4)8-9-15(13)12(5,6)7/h10-11H,8-9,13H2,1-7H3. The Labute approximate surface area is 95.6 Å². The molecule has 0 aromatic heterocycles. The van der Waals surface area contributed by atoms with E-state index in [1.54, 1.807) is 0 Å². The Morgan fingerprint density at radius 2 is 1.33 bits per heavy atom. The van der Waals surface area contributed by atoms with Gasteiger partial charge in [-0.25, -0.2) is 5.01 Å². The molecule has 0 spiro atoms. The van der Waals surface area contributed by atoms with E-state index in [0.29, 0.717) is 12.1 Å². The Bertz CT molecular complexity index is 162. The first-order valence-electron chi connectivity index (χ1n) is 5.94. The van der Waals surface area contributed by atoms with Crippen LogP contribution < -0.4 is 5.84 Å². The monoisotopic (exact) mass is 215 g/mol. The predicted molar refractivity (Wildman–Crippen MR) is 67.6 cm³/mol. The van der Waals surface area contributed by atoms with Gasteiger partial charge in [-0.3, -0.25) is 10.7 Å². The van der Waals surface area contributed by atoms with Gasteiger partial charge in [0, 0.05) is 30.7 Å². The quantitative estimate of drug-likeness (QED) is 0.563. The lowest BCUT2D eigenvalue weighted by molar-refractivity contribution is 0.0930. The number of hydrazine groups is 1. The molecule has 0 amide bonds. The third-order valence-corrected chi connectivity index (χ3v) is 2.79. The smallest absolute Gasteiger partial charge is 0.0268 e. The second-order valence-corrected chi connectivity index (χ2v) is 5.79. The van der Waals surface area contributed by atoms with Gasteiger partial charge >= 0.3 is 0 Å². The van der Waals surface area contributed by atoms with Crippen molar-refractivity contribution in [3.05, 3.63) is 0 Å². The van der Waals surface area contributed by atoms with Crippen LogP contribution in [0.1, 0.15) is 48.5 Å². The summed E-state index contributed by atoms with van der Waals surface area (Å²) >= 11 is 0. The van der Waals surface area contributed by atoms with Crippen LogP contribution in [0.3, 0.4) is 0 Å². The topological polar surface area (TPSA) is 32.5 Å². The normalized spacial score (nSPS) is 13.6. The van der Waals surface area contributed by atoms with Crippen LogP contribution in [-0.2, 0) is 0 Å². The number of hydrogen-bond acceptors (Lipinski definition) is 3. The number of nitrogens with zero attached hydrogens (tertiary/aromatic N) is 2. The van der Waals surface area contributed by atoms with E-state index in [-0.39, 0.29) is 5.54 Å². The van der Waals surface area contributed by atoms with Crippen molar-refractivity contribution in [2.24, 2.45) is 5.84 Å². The average Bonchev–Trinajstić information content (AvgIpc) is 2.00. The highest BCUT2D eigenvalue weighted by Gasteiger charge is 2.20. The Hall–Kier alpha value is -0.120. The Morgan fingerprint density at radius 1 is 0.933 bits per heavy atom. The molecule has 0 radical (unpaired) electrons. The lowest BCUT2D eigenvalue weighted by Crippen LogP contribution is -2.51. The van der Waals surface area contributed by atoms with E-state index in [9.17, 15) is 0 Å². The molecule has 0 aliphatic heterocycles. The SMILES string of the molecule is CC(C)N(CCN(N)C(C)(C)C)C(C)C. The number of rotatable bonds is 5. The van der Waals surface area contributed by atoms with E-state index >= 15 is 0 Å². The van der Waals surface area contributed by atoms with Crippen LogP contribution in [-0.4, -0.2) is 40.6 Å². The van der Waals surface area contributed by atoms with Gasteiger partial charge in [0.15, 0.2) is 0 Å². The van der Waals surface area contributed by atoms with E-state index in [1.807, 2.05) is 5.01 Å². The van der Waals surface area contributed by atoms with Crippen molar-refractivity contribution in [2.75, 3.05) is 13.1 Å². The van der Waals surface area contributed by atoms with Crippen LogP contribution in [0, 0.1) is 0 Å². The van der Waals surface area contributed by atoms with Gasteiger partial charge in [-0.15, -0.1) is 0 Å². The summed E-state index contributed by atoms with van der Waals surface area (Å²) < 4.78 is 0. The zero-order valence-electron chi connectivity index (χ0n) is 11.5. The first-order valence-corrected chi connectivity index (χ1v) is 5.94. The molecule has 2 N–H and O–H groups in total. The fourth-order valence-electron chi connectivity index (χ4n) is 1.67. The molecule has 0 aliphatic rings. The Kier molecular flexibility index (Phi) is 5.78. The summed E-state index contributed by atoms with van der Waals surface area (Å²) in [5.41, 5.74) is 0.0552. The van der Waals surface area contributed by atoms with Crippen LogP contribution >= 0.6 is 0 Å². The molecule has 0 heterocycles. The van der Waals surface area contributed by atoms with Crippen molar-refractivity contribution in [1.29, 1.82) is 0 Å². The summed E-state index contributed by atoms with van der Waals surface area (Å²) in [6.45, 7) is 17.3. The van der Waals surface area contributed by atoms with Crippen molar-refractivity contribution in [1.82, 2.24) is 9.91 Å². The lowest BCUT2D eigenvalue weighted by atomic mass is 10.1. The summed E-state index contributed by atoms with van der Waals surface area (Å²) in [4.78, 5) is 2.46. The van der Waals surface area contributed by atoms with Gasteiger partial charge in [-0.1, -0.05) is 0 Å². The molecule has 0 saturated carbocycles. The lowest BCUT2D eigenvalue weighted by Gasteiger charge is -2.36. The van der Waals surface area contributed by atoms with Gasteiger partial charge in [0.2, 0.25) is 0 Å². The molecule has 92 valence electrons.